The molecule has 0 radical (unpaired) electrons. The van der Waals surface area contributed by atoms with Crippen LogP contribution in [0.25, 0.3) is 27.7 Å². The highest BCUT2D eigenvalue weighted by molar-refractivity contribution is 5.89. The van der Waals surface area contributed by atoms with Crippen LogP contribution in [0.5, 0.6) is 5.88 Å². The zero-order valence-corrected chi connectivity index (χ0v) is 21.0. The lowest BCUT2D eigenvalue weighted by Gasteiger charge is -2.44. The number of rotatable bonds is 6. The fraction of sp³-hybridized carbons (Fsp3) is 0.500. The number of alkyl halides is 5. The van der Waals surface area contributed by atoms with Crippen molar-refractivity contribution in [1.29, 1.82) is 0 Å². The minimum absolute atomic E-state index is 0.0214. The minimum Gasteiger partial charge on any atom is -0.479 e. The molecule has 0 bridgehead atoms. The molecule has 6 rings (SSSR count). The van der Waals surface area contributed by atoms with Gasteiger partial charge < -0.3 is 14.8 Å². The van der Waals surface area contributed by atoms with Crippen LogP contribution in [0.3, 0.4) is 0 Å². The Balaban J connectivity index is 1.31. The third-order valence-electron chi connectivity index (χ3n) is 7.36. The summed E-state index contributed by atoms with van der Waals surface area (Å²) in [5, 5.41) is 14.7. The van der Waals surface area contributed by atoms with Gasteiger partial charge >= 0.3 is 6.18 Å². The second-order valence-corrected chi connectivity index (χ2v) is 9.83. The maximum atomic E-state index is 15.0. The number of fused-ring (bicyclic) bond motifs is 2. The van der Waals surface area contributed by atoms with Crippen molar-refractivity contribution in [3.05, 3.63) is 30.5 Å². The average molecular weight is 553 g/mol. The van der Waals surface area contributed by atoms with E-state index in [1.807, 2.05) is 0 Å². The average Bonchev–Trinajstić information content (AvgIpc) is 3.46. The van der Waals surface area contributed by atoms with E-state index in [0.29, 0.717) is 41.9 Å². The summed E-state index contributed by atoms with van der Waals surface area (Å²) in [4.78, 5) is 6.09. The Bertz CT molecular complexity index is 1520. The molecule has 1 aromatic carbocycles. The van der Waals surface area contributed by atoms with E-state index in [9.17, 15) is 22.0 Å². The third kappa shape index (κ3) is 4.52. The Hall–Kier alpha value is -3.59. The van der Waals surface area contributed by atoms with Gasteiger partial charge in [-0.1, -0.05) is 11.3 Å². The van der Waals surface area contributed by atoms with E-state index >= 15 is 0 Å². The van der Waals surface area contributed by atoms with Gasteiger partial charge in [-0.05, 0) is 37.1 Å². The SMILES string of the molecule is COc1nc(N[C@@H]2CCN(C3COC3)CC2(F)F)nn2ccc(-c3ccc4nnn([C@@H](C)C(F)(F)F)c4c3)c12. The van der Waals surface area contributed by atoms with E-state index in [-0.39, 0.29) is 36.4 Å². The molecule has 2 aliphatic heterocycles. The molecule has 2 aliphatic rings. The number of halogens is 5. The fourth-order valence-corrected chi connectivity index (χ4v) is 5.00. The molecule has 15 heteroatoms. The van der Waals surface area contributed by atoms with Gasteiger partial charge in [-0.2, -0.15) is 18.2 Å². The van der Waals surface area contributed by atoms with Gasteiger partial charge in [0.25, 0.3) is 5.92 Å². The molecule has 2 fully saturated rings. The van der Waals surface area contributed by atoms with Gasteiger partial charge in [0.15, 0.2) is 0 Å². The molecule has 2 atom stereocenters. The van der Waals surface area contributed by atoms with Gasteiger partial charge in [-0.15, -0.1) is 10.2 Å². The molecule has 0 aliphatic carbocycles. The number of benzene rings is 1. The standard InChI is InChI=1S/C24H25F5N8O2/c1-13(24(27,28)29)37-18-9-14(3-4-17(18)32-34-37)16-5-8-36-20(16)21(38-2)31-22(33-36)30-19-6-7-35(12-23(19,25)26)15-10-39-11-15/h3-5,8-9,13,15,19H,6-7,10-12H2,1-2H3,(H,30,33)/t13-,19+/m0/s1. The Morgan fingerprint density at radius 3 is 2.67 bits per heavy atom. The first-order chi connectivity index (χ1) is 18.5. The van der Waals surface area contributed by atoms with Crippen LogP contribution in [-0.4, -0.2) is 92.1 Å². The van der Waals surface area contributed by atoms with E-state index < -0.39 is 24.2 Å². The summed E-state index contributed by atoms with van der Waals surface area (Å²) in [7, 11) is 1.39. The molecule has 5 heterocycles. The highest BCUT2D eigenvalue weighted by Crippen LogP contribution is 2.36. The number of nitrogens with one attached hydrogen (secondary N) is 1. The van der Waals surface area contributed by atoms with Crippen molar-refractivity contribution in [2.75, 3.05) is 38.7 Å². The first kappa shape index (κ1) is 25.7. The van der Waals surface area contributed by atoms with Gasteiger partial charge in [0.2, 0.25) is 11.8 Å². The van der Waals surface area contributed by atoms with Crippen molar-refractivity contribution in [3.63, 3.8) is 0 Å². The molecular weight excluding hydrogens is 527 g/mol. The first-order valence-corrected chi connectivity index (χ1v) is 12.4. The molecule has 2 saturated heterocycles. The highest BCUT2D eigenvalue weighted by atomic mass is 19.4. The molecule has 0 saturated carbocycles. The summed E-state index contributed by atoms with van der Waals surface area (Å²) >= 11 is 0. The second kappa shape index (κ2) is 9.26. The summed E-state index contributed by atoms with van der Waals surface area (Å²) < 4.78 is 83.0. The van der Waals surface area contributed by atoms with Crippen LogP contribution in [0, 0.1) is 0 Å². The van der Waals surface area contributed by atoms with E-state index in [2.05, 4.69) is 25.7 Å². The van der Waals surface area contributed by atoms with Crippen molar-refractivity contribution in [3.8, 4) is 17.0 Å². The number of ether oxygens (including phenoxy) is 2. The maximum Gasteiger partial charge on any atom is 0.410 e. The topological polar surface area (TPSA) is 94.6 Å². The Labute approximate surface area is 218 Å². The number of methoxy groups -OCH3 is 1. The Morgan fingerprint density at radius 2 is 2.00 bits per heavy atom. The lowest BCUT2D eigenvalue weighted by molar-refractivity contribution is -0.164. The van der Waals surface area contributed by atoms with Crippen molar-refractivity contribution >= 4 is 22.5 Å². The number of piperidine rings is 1. The summed E-state index contributed by atoms with van der Waals surface area (Å²) in [5.41, 5.74) is 2.08. The largest absolute Gasteiger partial charge is 0.479 e. The quantitative estimate of drug-likeness (QED) is 0.361. The fourth-order valence-electron chi connectivity index (χ4n) is 5.00. The Morgan fingerprint density at radius 1 is 1.21 bits per heavy atom. The smallest absolute Gasteiger partial charge is 0.410 e. The zero-order valence-electron chi connectivity index (χ0n) is 21.0. The summed E-state index contributed by atoms with van der Waals surface area (Å²) in [5.74, 6) is -2.92. The van der Waals surface area contributed by atoms with Crippen LogP contribution >= 0.6 is 0 Å². The monoisotopic (exact) mass is 552 g/mol. The lowest BCUT2D eigenvalue weighted by Crippen LogP contribution is -2.61. The summed E-state index contributed by atoms with van der Waals surface area (Å²) in [6.45, 7) is 2.05. The molecule has 39 heavy (non-hydrogen) atoms. The van der Waals surface area contributed by atoms with Crippen molar-refractivity contribution < 1.29 is 31.4 Å². The number of nitrogens with zero attached hydrogens (tertiary/aromatic N) is 7. The van der Waals surface area contributed by atoms with Crippen LogP contribution in [0.15, 0.2) is 30.5 Å². The number of aromatic nitrogens is 6. The third-order valence-corrected chi connectivity index (χ3v) is 7.36. The molecule has 1 N–H and O–H groups in total. The second-order valence-electron chi connectivity index (χ2n) is 9.83. The molecule has 10 nitrogen and oxygen atoms in total. The van der Waals surface area contributed by atoms with Crippen molar-refractivity contribution in [2.45, 2.75) is 43.6 Å². The molecule has 0 unspecified atom stereocenters. The maximum absolute atomic E-state index is 15.0. The van der Waals surface area contributed by atoms with E-state index in [1.54, 1.807) is 35.4 Å². The van der Waals surface area contributed by atoms with Crippen LogP contribution in [-0.2, 0) is 4.74 Å². The van der Waals surface area contributed by atoms with E-state index in [0.717, 1.165) is 11.6 Å². The summed E-state index contributed by atoms with van der Waals surface area (Å²) in [6, 6.07) is 3.51. The van der Waals surface area contributed by atoms with Crippen molar-refractivity contribution in [2.24, 2.45) is 0 Å². The number of anilines is 1. The van der Waals surface area contributed by atoms with Crippen molar-refractivity contribution in [1.82, 2.24) is 34.5 Å². The predicted molar refractivity (Wildman–Crippen MR) is 130 cm³/mol. The van der Waals surface area contributed by atoms with Gasteiger partial charge in [0.05, 0.1) is 44.5 Å². The normalized spacial score (nSPS) is 21.3. The van der Waals surface area contributed by atoms with Crippen LogP contribution < -0.4 is 10.1 Å². The van der Waals surface area contributed by atoms with Gasteiger partial charge in [-0.3, -0.25) is 4.90 Å². The first-order valence-electron chi connectivity index (χ1n) is 12.4. The van der Waals surface area contributed by atoms with E-state index in [1.165, 1.54) is 11.6 Å². The number of hydrogen-bond donors (Lipinski definition) is 1. The van der Waals surface area contributed by atoms with Crippen LogP contribution in [0.4, 0.5) is 27.9 Å². The number of hydrogen-bond acceptors (Lipinski definition) is 8. The van der Waals surface area contributed by atoms with Crippen LogP contribution in [0.2, 0.25) is 0 Å². The molecule has 0 amide bonds. The van der Waals surface area contributed by atoms with Gasteiger partial charge in [0, 0.05) is 18.3 Å². The molecule has 0 spiro atoms. The lowest BCUT2D eigenvalue weighted by atomic mass is 9.98. The molecule has 3 aromatic heterocycles. The molecule has 208 valence electrons. The van der Waals surface area contributed by atoms with Crippen LogP contribution in [0.1, 0.15) is 19.4 Å². The predicted octanol–water partition coefficient (Wildman–Crippen LogP) is 3.79. The number of likely N-dealkylation sites (tertiary alicyclic amines) is 1. The summed E-state index contributed by atoms with van der Waals surface area (Å²) in [6.07, 6.45) is -2.70. The van der Waals surface area contributed by atoms with Gasteiger partial charge in [-0.25, -0.2) is 18.0 Å². The van der Waals surface area contributed by atoms with E-state index in [4.69, 9.17) is 9.47 Å². The molecule has 4 aromatic rings. The zero-order chi connectivity index (χ0) is 27.5. The Kier molecular flexibility index (Phi) is 6.10. The minimum atomic E-state index is -4.50. The van der Waals surface area contributed by atoms with Gasteiger partial charge in [0.1, 0.15) is 17.1 Å². The highest BCUT2D eigenvalue weighted by Gasteiger charge is 2.47. The molecular formula is C24H25F5N8O2.